The van der Waals surface area contributed by atoms with Crippen molar-refractivity contribution < 1.29 is 38.2 Å². The predicted molar refractivity (Wildman–Crippen MR) is 240 cm³/mol. The molecule has 3 aromatic rings. The Labute approximate surface area is 375 Å². The van der Waals surface area contributed by atoms with Crippen LogP contribution in [0.1, 0.15) is 121 Å². The van der Waals surface area contributed by atoms with Gasteiger partial charge >= 0.3 is 0 Å². The highest BCUT2D eigenvalue weighted by Gasteiger charge is 2.64. The summed E-state index contributed by atoms with van der Waals surface area (Å²) in [6.07, 6.45) is 3.75. The number of benzene rings is 3. The summed E-state index contributed by atoms with van der Waals surface area (Å²) in [7, 11) is 1.43. The van der Waals surface area contributed by atoms with Gasteiger partial charge in [-0.3, -0.25) is 34.2 Å². The van der Waals surface area contributed by atoms with Crippen molar-refractivity contribution in [1.82, 2.24) is 20.4 Å². The van der Waals surface area contributed by atoms with Crippen molar-refractivity contribution in [2.75, 3.05) is 38.2 Å². The van der Waals surface area contributed by atoms with Crippen molar-refractivity contribution in [2.45, 2.75) is 117 Å². The Morgan fingerprint density at radius 1 is 0.906 bits per heavy atom. The zero-order valence-electron chi connectivity index (χ0n) is 38.2. The van der Waals surface area contributed by atoms with Gasteiger partial charge in [0.05, 0.1) is 29.9 Å². The molecule has 0 spiro atoms. The summed E-state index contributed by atoms with van der Waals surface area (Å²) in [5, 5.41) is 15.0. The van der Waals surface area contributed by atoms with E-state index >= 15 is 0 Å². The number of rotatable bonds is 13. The summed E-state index contributed by atoms with van der Waals surface area (Å²) in [6, 6.07) is 16.5. The number of ether oxygens (including phenoxy) is 3. The second-order valence-corrected chi connectivity index (χ2v) is 19.5. The first-order chi connectivity index (χ1) is 30.4. The Kier molecular flexibility index (Phi) is 12.0. The van der Waals surface area contributed by atoms with E-state index in [2.05, 4.69) is 73.3 Å². The van der Waals surface area contributed by atoms with Crippen LogP contribution in [0.15, 0.2) is 48.5 Å². The maximum Gasteiger partial charge on any atom is 0.266 e. The summed E-state index contributed by atoms with van der Waals surface area (Å²) in [5.41, 5.74) is 3.79. The van der Waals surface area contributed by atoms with Crippen molar-refractivity contribution in [1.29, 1.82) is 5.26 Å². The number of carbonyl (C=O) groups is 5. The van der Waals surface area contributed by atoms with Crippen LogP contribution in [-0.4, -0.2) is 103 Å². The van der Waals surface area contributed by atoms with E-state index in [1.165, 1.54) is 7.11 Å². The molecule has 0 aromatic heterocycles. The number of carbonyl (C=O) groups excluding carboxylic acids is 5. The van der Waals surface area contributed by atoms with Crippen LogP contribution in [0.2, 0.25) is 0 Å². The highest BCUT2D eigenvalue weighted by Crippen LogP contribution is 2.55. The van der Waals surface area contributed by atoms with Gasteiger partial charge in [-0.1, -0.05) is 34.6 Å². The van der Waals surface area contributed by atoms with Gasteiger partial charge in [-0.2, -0.15) is 5.26 Å². The van der Waals surface area contributed by atoms with Crippen LogP contribution in [0, 0.1) is 41.9 Å². The number of anilines is 1. The van der Waals surface area contributed by atoms with Gasteiger partial charge in [0.1, 0.15) is 35.5 Å². The van der Waals surface area contributed by atoms with Gasteiger partial charge in [-0.15, -0.1) is 0 Å². The normalized spacial score (nSPS) is 24.9. The number of fused-ring (bicyclic) bond motifs is 1. The van der Waals surface area contributed by atoms with Crippen molar-refractivity contribution in [3.63, 3.8) is 0 Å². The van der Waals surface area contributed by atoms with Gasteiger partial charge in [0.25, 0.3) is 17.7 Å². The highest BCUT2D eigenvalue weighted by molar-refractivity contribution is 6.24. The molecule has 5 aliphatic rings. The minimum atomic E-state index is -1.06. The largest absolute Gasteiger partial charge is 0.496 e. The van der Waals surface area contributed by atoms with Crippen LogP contribution >= 0.6 is 0 Å². The second-order valence-electron chi connectivity index (χ2n) is 19.5. The molecule has 4 fully saturated rings. The van der Waals surface area contributed by atoms with E-state index in [1.807, 2.05) is 38.1 Å². The first kappa shape index (κ1) is 44.7. The van der Waals surface area contributed by atoms with Gasteiger partial charge in [-0.05, 0) is 99.2 Å². The maximum atomic E-state index is 13.6. The Bertz CT molecular complexity index is 2370. The number of aryl methyl sites for hydroxylation is 2. The smallest absolute Gasteiger partial charge is 0.266 e. The Morgan fingerprint density at radius 3 is 2.14 bits per heavy atom. The average Bonchev–Trinajstić information content (AvgIpc) is 3.50. The highest BCUT2D eigenvalue weighted by atomic mass is 16.5. The zero-order valence-corrected chi connectivity index (χ0v) is 38.2. The summed E-state index contributed by atoms with van der Waals surface area (Å²) < 4.78 is 18.4. The molecule has 14 heteroatoms. The van der Waals surface area contributed by atoms with Gasteiger partial charge in [-0.25, -0.2) is 0 Å². The average molecular weight is 873 g/mol. The van der Waals surface area contributed by atoms with Crippen LogP contribution < -0.4 is 29.7 Å². The molecule has 3 heterocycles. The molecular formula is C50H60N6O8. The first-order valence-corrected chi connectivity index (χ1v) is 22.6. The van der Waals surface area contributed by atoms with Crippen molar-refractivity contribution in [2.24, 2.45) is 16.7 Å². The quantitative estimate of drug-likeness (QED) is 0.184. The lowest BCUT2D eigenvalue weighted by molar-refractivity contribution is -0.164. The van der Waals surface area contributed by atoms with Gasteiger partial charge in [0, 0.05) is 79.1 Å². The number of nitriles is 1. The minimum absolute atomic E-state index is 0.0467. The van der Waals surface area contributed by atoms with Crippen LogP contribution in [0.25, 0.3) is 0 Å². The van der Waals surface area contributed by atoms with Crippen LogP contribution in [0.4, 0.5) is 5.69 Å². The van der Waals surface area contributed by atoms with E-state index in [0.29, 0.717) is 28.8 Å². The molecule has 0 radical (unpaired) electrons. The number of imide groups is 2. The van der Waals surface area contributed by atoms with E-state index in [9.17, 15) is 29.2 Å². The van der Waals surface area contributed by atoms with E-state index in [0.717, 1.165) is 79.3 Å². The van der Waals surface area contributed by atoms with Gasteiger partial charge in [0.15, 0.2) is 0 Å². The van der Waals surface area contributed by atoms with E-state index in [4.69, 9.17) is 14.2 Å². The fourth-order valence-corrected chi connectivity index (χ4v) is 11.3. The van der Waals surface area contributed by atoms with Crippen molar-refractivity contribution in [3.05, 3.63) is 81.9 Å². The topological polar surface area (TPSA) is 171 Å². The lowest BCUT2D eigenvalue weighted by Gasteiger charge is -2.63. The van der Waals surface area contributed by atoms with E-state index in [-0.39, 0.29) is 64.7 Å². The maximum absolute atomic E-state index is 13.6. The molecule has 2 saturated heterocycles. The third-order valence-electron chi connectivity index (χ3n) is 14.6. The number of piperidine rings is 2. The monoisotopic (exact) mass is 872 g/mol. The van der Waals surface area contributed by atoms with Crippen LogP contribution in [0.5, 0.6) is 17.2 Å². The molecule has 64 heavy (non-hydrogen) atoms. The molecule has 2 saturated carbocycles. The summed E-state index contributed by atoms with van der Waals surface area (Å²) in [6.45, 7) is 18.4. The molecule has 3 aliphatic heterocycles. The fourth-order valence-electron chi connectivity index (χ4n) is 11.3. The molecule has 2 N–H and O–H groups in total. The zero-order chi connectivity index (χ0) is 45.8. The molecule has 0 unspecified atom stereocenters. The van der Waals surface area contributed by atoms with Gasteiger partial charge in [0.2, 0.25) is 11.8 Å². The van der Waals surface area contributed by atoms with Crippen LogP contribution in [-0.2, 0) is 9.59 Å². The Hall–Kier alpha value is -5.94. The number of methoxy groups -OCH3 is 1. The third kappa shape index (κ3) is 8.08. The Balaban J connectivity index is 0.800. The summed E-state index contributed by atoms with van der Waals surface area (Å²) in [5.74, 6) is -0.443. The first-order valence-electron chi connectivity index (χ1n) is 22.6. The molecule has 8 rings (SSSR count). The third-order valence-corrected chi connectivity index (χ3v) is 14.6. The number of hydrogen-bond donors (Lipinski definition) is 2. The minimum Gasteiger partial charge on any atom is -0.496 e. The standard InChI is InChI=1S/C50H60N6O8/c1-9-54(33-22-35(23-33)63-36-24-37-42(40(25-36)62-8)46(61)56(45(37)60)39-14-15-41(57)52-44(39)59)27-30-16-18-55(19-17-30)32-12-10-31(11-13-32)43(58)53-47-49(4,5)48(50(47,6)7)64-34-20-28(2)38(26-51)29(3)21-34/h10-13,20-21,24-25,30,33,35,39,47-48H,9,14-19,22-23,27H2,1-8H3,(H,53,58)(H,52,57,59)/t33?,35?,39-,47?,48?/m1/s1. The number of hydrogen-bond acceptors (Lipinski definition) is 11. The number of nitrogens with one attached hydrogen (secondary N) is 2. The fraction of sp³-hybridized carbons (Fsp3) is 0.520. The van der Waals surface area contributed by atoms with Crippen molar-refractivity contribution in [3.8, 4) is 23.3 Å². The molecule has 3 aromatic carbocycles. The number of amides is 5. The molecule has 0 bridgehead atoms. The van der Waals surface area contributed by atoms with Gasteiger partial charge < -0.3 is 29.3 Å². The second kappa shape index (κ2) is 17.2. The van der Waals surface area contributed by atoms with Crippen LogP contribution in [0.3, 0.4) is 0 Å². The molecule has 1 atom stereocenters. The Morgan fingerprint density at radius 2 is 1.55 bits per heavy atom. The summed E-state index contributed by atoms with van der Waals surface area (Å²) >= 11 is 0. The van der Waals surface area contributed by atoms with E-state index in [1.54, 1.807) is 12.1 Å². The number of nitrogens with zero attached hydrogens (tertiary/aromatic N) is 4. The van der Waals surface area contributed by atoms with Crippen molar-refractivity contribution >= 4 is 35.2 Å². The lowest BCUT2D eigenvalue weighted by Crippen LogP contribution is -2.74. The molecular weight excluding hydrogens is 813 g/mol. The lowest BCUT2D eigenvalue weighted by atomic mass is 9.49. The predicted octanol–water partition coefficient (Wildman–Crippen LogP) is 6.35. The summed E-state index contributed by atoms with van der Waals surface area (Å²) in [4.78, 5) is 70.6. The molecule has 2 aliphatic carbocycles. The van der Waals surface area contributed by atoms with E-state index < -0.39 is 29.7 Å². The SMILES string of the molecule is CCN(CC1CCN(c2ccc(C(=O)NC3C(C)(C)C(Oc4cc(C)c(C#N)c(C)c4)C3(C)C)cc2)CC1)C1CC(Oc2cc(OC)c3c(c2)C(=O)N([C@@H]2CCC(=O)NC2=O)C3=O)C1. The molecule has 14 nitrogen and oxygen atoms in total. The molecule has 5 amide bonds. The molecule has 338 valence electrons.